The summed E-state index contributed by atoms with van der Waals surface area (Å²) in [6.45, 7) is 27.8. The van der Waals surface area contributed by atoms with Crippen LogP contribution in [0.4, 0.5) is 34.1 Å². The van der Waals surface area contributed by atoms with Crippen LogP contribution in [0.15, 0.2) is 206 Å². The topological polar surface area (TPSA) is 6.48 Å². The quantitative estimate of drug-likeness (QED) is 0.113. The third kappa shape index (κ3) is 8.65. The number of anilines is 6. The van der Waals surface area contributed by atoms with E-state index >= 15 is 0 Å². The van der Waals surface area contributed by atoms with Gasteiger partial charge in [0.15, 0.2) is 0 Å². The number of nitrogens with zero attached hydrogens (tertiary/aromatic N) is 2. The molecule has 0 atom stereocenters. The van der Waals surface area contributed by atoms with Gasteiger partial charge in [-0.2, -0.15) is 0 Å². The molecule has 0 aromatic heterocycles. The van der Waals surface area contributed by atoms with Crippen molar-refractivity contribution in [1.82, 2.24) is 0 Å². The fraction of sp³-hybridized carbons (Fsp3) is 0.179. The number of rotatable bonds is 12. The highest BCUT2D eigenvalue weighted by atomic mass is 15.2. The Morgan fingerprint density at radius 3 is 0.975 bits per heavy atom. The first-order valence-electron chi connectivity index (χ1n) is 28.7. The summed E-state index contributed by atoms with van der Waals surface area (Å²) in [5.74, 6) is 0.452. The molecule has 0 aliphatic rings. The summed E-state index contributed by atoms with van der Waals surface area (Å²) in [5.41, 5.74) is 29.7. The van der Waals surface area contributed by atoms with Crippen LogP contribution in [-0.4, -0.2) is 0 Å². The predicted octanol–water partition coefficient (Wildman–Crippen LogP) is 22.9. The van der Waals surface area contributed by atoms with Gasteiger partial charge in [0.05, 0.1) is 34.1 Å². The van der Waals surface area contributed by atoms with E-state index in [9.17, 15) is 0 Å². The lowest BCUT2D eigenvalue weighted by Gasteiger charge is -2.35. The molecule has 2 heteroatoms. The van der Waals surface area contributed by atoms with E-state index in [1.54, 1.807) is 0 Å². The van der Waals surface area contributed by atoms with Crippen molar-refractivity contribution in [2.24, 2.45) is 0 Å². The van der Waals surface area contributed by atoms with Crippen LogP contribution in [0.2, 0.25) is 0 Å². The maximum atomic E-state index is 2.64. The van der Waals surface area contributed by atoms with Crippen LogP contribution in [0.3, 0.4) is 0 Å². The monoisotopic (exact) mass is 1040 g/mol. The first-order valence-corrected chi connectivity index (χ1v) is 28.7. The van der Waals surface area contributed by atoms with Gasteiger partial charge in [0.1, 0.15) is 0 Å². The Morgan fingerprint density at radius 2 is 0.613 bits per heavy atom. The van der Waals surface area contributed by atoms with Crippen molar-refractivity contribution in [1.29, 1.82) is 0 Å². The lowest BCUT2D eigenvalue weighted by atomic mass is 9.83. The van der Waals surface area contributed by atoms with Crippen molar-refractivity contribution in [3.63, 3.8) is 0 Å². The van der Waals surface area contributed by atoms with Crippen molar-refractivity contribution >= 4 is 66.4 Å². The zero-order valence-electron chi connectivity index (χ0n) is 48.7. The van der Waals surface area contributed by atoms with Gasteiger partial charge >= 0.3 is 0 Å². The molecular formula is C78H72N2. The first-order chi connectivity index (χ1) is 38.7. The van der Waals surface area contributed by atoms with Gasteiger partial charge in [-0.25, -0.2) is 0 Å². The first kappa shape index (κ1) is 52.0. The van der Waals surface area contributed by atoms with E-state index in [4.69, 9.17) is 0 Å². The smallest absolute Gasteiger partial charge is 0.0544 e. The number of benzene rings is 12. The van der Waals surface area contributed by atoms with E-state index in [0.29, 0.717) is 0 Å². The van der Waals surface area contributed by atoms with E-state index in [-0.39, 0.29) is 11.8 Å². The normalized spacial score (nSPS) is 11.7. The molecule has 394 valence electrons. The molecule has 0 saturated heterocycles. The minimum atomic E-state index is 0.226. The van der Waals surface area contributed by atoms with Gasteiger partial charge in [0, 0.05) is 21.9 Å². The number of aryl methyl sites for hydroxylation is 6. The number of hydrogen-bond donors (Lipinski definition) is 0. The number of para-hydroxylation sites is 2. The fourth-order valence-corrected chi connectivity index (χ4v) is 13.5. The fourth-order valence-electron chi connectivity index (χ4n) is 13.5. The number of hydrogen-bond acceptors (Lipinski definition) is 2. The Morgan fingerprint density at radius 1 is 0.275 bits per heavy atom. The average Bonchev–Trinajstić information content (AvgIpc) is 3.55. The Hall–Kier alpha value is -8.72. The van der Waals surface area contributed by atoms with Gasteiger partial charge in [-0.1, -0.05) is 210 Å². The SMILES string of the molecule is Cc1cccc(C)c1-c1ccc(C)c(N(c2ccccc2-c2ccccc2)c2cc(C(C)C)c3ccc4c(N(c5ccccc5-c5ccccc5)c5c(C)ccc(-c6c(C)cccc6C)c5C)cc(C(C)C)c5ccc2c3c54)c1C. The van der Waals surface area contributed by atoms with Crippen molar-refractivity contribution in [3.05, 3.63) is 262 Å². The highest BCUT2D eigenvalue weighted by molar-refractivity contribution is 6.30. The summed E-state index contributed by atoms with van der Waals surface area (Å²) >= 11 is 0. The Balaban J connectivity index is 1.23. The molecule has 2 nitrogen and oxygen atoms in total. The summed E-state index contributed by atoms with van der Waals surface area (Å²) in [7, 11) is 0. The lowest BCUT2D eigenvalue weighted by Crippen LogP contribution is -2.17. The van der Waals surface area contributed by atoms with Crippen molar-refractivity contribution in [2.75, 3.05) is 9.80 Å². The molecule has 0 unspecified atom stereocenters. The molecule has 0 spiro atoms. The standard InChI is InChI=1S/C78H72N2/c1-47(2)67-45-71(79(69-35-21-19-33-61(69)57-29-15-13-16-30-57)77-53(9)37-39-59(55(77)11)73-49(5)25-23-26-50(73)6)65-44-42-64-68(48(3)4)46-72(66-43-41-63(67)75(65)76(64)66)80(70-36-22-20-34-62(70)58-31-17-14-18-32-58)78-54(10)38-40-60(56(78)12)74-51(7)27-24-28-52(74)8/h13-48H,1-12H3. The van der Waals surface area contributed by atoms with Crippen molar-refractivity contribution in [3.8, 4) is 44.5 Å². The molecule has 0 bridgehead atoms. The van der Waals surface area contributed by atoms with Gasteiger partial charge in [-0.3, -0.25) is 0 Å². The van der Waals surface area contributed by atoms with Gasteiger partial charge < -0.3 is 9.80 Å². The zero-order chi connectivity index (χ0) is 55.7. The van der Waals surface area contributed by atoms with Crippen LogP contribution in [0.1, 0.15) is 95.2 Å². The molecule has 12 aromatic carbocycles. The van der Waals surface area contributed by atoms with Gasteiger partial charge in [-0.15, -0.1) is 0 Å². The van der Waals surface area contributed by atoms with Crippen LogP contribution >= 0.6 is 0 Å². The third-order valence-electron chi connectivity index (χ3n) is 17.3. The molecule has 12 rings (SSSR count). The molecule has 0 aliphatic carbocycles. The Labute approximate surface area is 475 Å². The molecule has 12 aromatic rings. The summed E-state index contributed by atoms with van der Waals surface area (Å²) in [4.78, 5) is 5.28. The van der Waals surface area contributed by atoms with Crippen LogP contribution in [-0.2, 0) is 0 Å². The van der Waals surface area contributed by atoms with Gasteiger partial charge in [0.2, 0.25) is 0 Å². The molecule has 0 N–H and O–H groups in total. The van der Waals surface area contributed by atoms with Crippen LogP contribution < -0.4 is 9.80 Å². The highest BCUT2D eigenvalue weighted by Gasteiger charge is 2.31. The summed E-state index contributed by atoms with van der Waals surface area (Å²) in [6.07, 6.45) is 0. The third-order valence-corrected chi connectivity index (χ3v) is 17.3. The minimum Gasteiger partial charge on any atom is -0.309 e. The van der Waals surface area contributed by atoms with E-state index in [1.165, 1.54) is 155 Å². The molecule has 0 amide bonds. The maximum absolute atomic E-state index is 2.64. The van der Waals surface area contributed by atoms with Crippen LogP contribution in [0.25, 0.3) is 76.8 Å². The molecular weight excluding hydrogens is 965 g/mol. The summed E-state index contributed by atoms with van der Waals surface area (Å²) in [6, 6.07) is 77.7. The zero-order valence-corrected chi connectivity index (χ0v) is 48.7. The summed E-state index contributed by atoms with van der Waals surface area (Å²) in [5, 5.41) is 7.68. The second-order valence-corrected chi connectivity index (χ2v) is 23.1. The van der Waals surface area contributed by atoms with Crippen LogP contribution in [0.5, 0.6) is 0 Å². The maximum Gasteiger partial charge on any atom is 0.0544 e. The van der Waals surface area contributed by atoms with E-state index in [1.807, 2.05) is 0 Å². The molecule has 0 radical (unpaired) electrons. The van der Waals surface area contributed by atoms with Crippen molar-refractivity contribution < 1.29 is 0 Å². The largest absolute Gasteiger partial charge is 0.309 e. The average molecular weight is 1040 g/mol. The van der Waals surface area contributed by atoms with E-state index in [0.717, 1.165) is 11.4 Å². The molecule has 0 heterocycles. The Bertz CT molecular complexity index is 4010. The van der Waals surface area contributed by atoms with Gasteiger partial charge in [-0.05, 0) is 202 Å². The van der Waals surface area contributed by atoms with E-state index in [2.05, 4.69) is 299 Å². The van der Waals surface area contributed by atoms with Gasteiger partial charge in [0.25, 0.3) is 0 Å². The predicted molar refractivity (Wildman–Crippen MR) is 347 cm³/mol. The molecule has 80 heavy (non-hydrogen) atoms. The Kier molecular flexibility index (Phi) is 13.5. The highest BCUT2D eigenvalue weighted by Crippen LogP contribution is 2.55. The lowest BCUT2D eigenvalue weighted by molar-refractivity contribution is 0.875. The van der Waals surface area contributed by atoms with Crippen LogP contribution in [0, 0.1) is 55.4 Å². The molecule has 0 fully saturated rings. The minimum absolute atomic E-state index is 0.226. The molecule has 0 aliphatic heterocycles. The second kappa shape index (κ2) is 20.8. The second-order valence-electron chi connectivity index (χ2n) is 23.1. The molecule has 0 saturated carbocycles. The van der Waals surface area contributed by atoms with Crippen molar-refractivity contribution in [2.45, 2.75) is 94.9 Å². The summed E-state index contributed by atoms with van der Waals surface area (Å²) < 4.78 is 0. The van der Waals surface area contributed by atoms with E-state index < -0.39 is 0 Å².